The SMILES string of the molecule is CCCCCNC(=O)Nc1ccc2ncc(-c3cnn(C(=O)O)c3)nc2n1. The van der Waals surface area contributed by atoms with Gasteiger partial charge in [-0.15, -0.1) is 0 Å². The normalized spacial score (nSPS) is 10.7. The van der Waals surface area contributed by atoms with Crippen LogP contribution < -0.4 is 10.6 Å². The molecule has 27 heavy (non-hydrogen) atoms. The Morgan fingerprint density at radius 2 is 2.04 bits per heavy atom. The topological polar surface area (TPSA) is 135 Å². The second-order valence-corrected chi connectivity index (χ2v) is 5.84. The van der Waals surface area contributed by atoms with Crippen LogP contribution >= 0.6 is 0 Å². The summed E-state index contributed by atoms with van der Waals surface area (Å²) in [6.07, 6.45) is 6.12. The summed E-state index contributed by atoms with van der Waals surface area (Å²) >= 11 is 0. The van der Waals surface area contributed by atoms with Gasteiger partial charge in [0.1, 0.15) is 11.3 Å². The molecule has 10 nitrogen and oxygen atoms in total. The van der Waals surface area contributed by atoms with Crippen LogP contribution in [0, 0.1) is 0 Å². The van der Waals surface area contributed by atoms with Gasteiger partial charge in [0.2, 0.25) is 0 Å². The number of hydrogen-bond donors (Lipinski definition) is 3. The summed E-state index contributed by atoms with van der Waals surface area (Å²) in [6.45, 7) is 2.70. The summed E-state index contributed by atoms with van der Waals surface area (Å²) in [6, 6.07) is 3.02. The molecular formula is C17H19N7O3. The monoisotopic (exact) mass is 369 g/mol. The number of pyridine rings is 1. The van der Waals surface area contributed by atoms with Gasteiger partial charge >= 0.3 is 12.1 Å². The van der Waals surface area contributed by atoms with Crippen LogP contribution in [0.4, 0.5) is 15.4 Å². The maximum atomic E-state index is 11.9. The highest BCUT2D eigenvalue weighted by molar-refractivity contribution is 5.89. The molecule has 0 saturated carbocycles. The highest BCUT2D eigenvalue weighted by atomic mass is 16.4. The number of carboxylic acid groups (broad SMARTS) is 1. The Bertz CT molecular complexity index is 970. The standard InChI is InChI=1S/C17H19N7O3/c1-2-3-4-7-18-16(25)23-14-6-5-12-15(22-14)21-13(9-19-12)11-8-20-24(10-11)17(26)27/h5-6,8-10H,2-4,7H2,1H3,(H,26,27)(H2,18,21,22,23,25). The second kappa shape index (κ2) is 8.21. The van der Waals surface area contributed by atoms with E-state index >= 15 is 0 Å². The average molecular weight is 369 g/mol. The Hall–Kier alpha value is -3.56. The third kappa shape index (κ3) is 4.54. The highest BCUT2D eigenvalue weighted by Gasteiger charge is 2.10. The van der Waals surface area contributed by atoms with Crippen LogP contribution in [0.1, 0.15) is 26.2 Å². The summed E-state index contributed by atoms with van der Waals surface area (Å²) in [5.41, 5.74) is 1.82. The number of unbranched alkanes of at least 4 members (excludes halogenated alkanes) is 2. The van der Waals surface area contributed by atoms with Gasteiger partial charge in [0.15, 0.2) is 5.65 Å². The predicted molar refractivity (Wildman–Crippen MR) is 98.5 cm³/mol. The maximum Gasteiger partial charge on any atom is 0.432 e. The fourth-order valence-electron chi connectivity index (χ4n) is 2.40. The van der Waals surface area contributed by atoms with Gasteiger partial charge < -0.3 is 10.4 Å². The molecule has 0 aromatic carbocycles. The molecule has 140 valence electrons. The molecule has 2 amide bonds. The van der Waals surface area contributed by atoms with Crippen molar-refractivity contribution in [3.63, 3.8) is 0 Å². The molecule has 3 heterocycles. The summed E-state index contributed by atoms with van der Waals surface area (Å²) in [4.78, 5) is 35.8. The Morgan fingerprint density at radius 1 is 1.19 bits per heavy atom. The van der Waals surface area contributed by atoms with Crippen molar-refractivity contribution in [1.82, 2.24) is 30.0 Å². The molecular weight excluding hydrogens is 350 g/mol. The van der Waals surface area contributed by atoms with Gasteiger partial charge in [-0.05, 0) is 18.6 Å². The number of amides is 2. The molecule has 10 heteroatoms. The van der Waals surface area contributed by atoms with Crippen molar-refractivity contribution in [3.05, 3.63) is 30.7 Å². The van der Waals surface area contributed by atoms with Gasteiger partial charge in [0.05, 0.1) is 18.1 Å². The van der Waals surface area contributed by atoms with Crippen molar-refractivity contribution >= 4 is 29.1 Å². The molecule has 0 spiro atoms. The van der Waals surface area contributed by atoms with Gasteiger partial charge in [-0.1, -0.05) is 19.8 Å². The van der Waals surface area contributed by atoms with E-state index in [-0.39, 0.29) is 6.03 Å². The lowest BCUT2D eigenvalue weighted by atomic mass is 10.2. The number of nitrogens with zero attached hydrogens (tertiary/aromatic N) is 5. The molecule has 0 radical (unpaired) electrons. The van der Waals surface area contributed by atoms with Crippen molar-refractivity contribution in [2.75, 3.05) is 11.9 Å². The molecule has 0 fully saturated rings. The Labute approximate surface area is 154 Å². The number of aromatic nitrogens is 5. The predicted octanol–water partition coefficient (Wildman–Crippen LogP) is 2.73. The van der Waals surface area contributed by atoms with Crippen LogP contribution in [0.2, 0.25) is 0 Å². The van der Waals surface area contributed by atoms with E-state index in [1.807, 2.05) is 0 Å². The third-order valence-corrected chi connectivity index (χ3v) is 3.79. The number of urea groups is 1. The van der Waals surface area contributed by atoms with E-state index in [2.05, 4.69) is 37.6 Å². The fourth-order valence-corrected chi connectivity index (χ4v) is 2.40. The summed E-state index contributed by atoms with van der Waals surface area (Å²) in [5.74, 6) is 0.350. The van der Waals surface area contributed by atoms with Crippen LogP contribution in [0.15, 0.2) is 30.7 Å². The number of rotatable bonds is 6. The molecule has 0 saturated heterocycles. The van der Waals surface area contributed by atoms with E-state index in [1.54, 1.807) is 12.1 Å². The minimum atomic E-state index is -1.19. The minimum absolute atomic E-state index is 0.329. The molecule has 0 aliphatic rings. The van der Waals surface area contributed by atoms with Gasteiger partial charge in [0, 0.05) is 18.3 Å². The summed E-state index contributed by atoms with van der Waals surface area (Å²) < 4.78 is 0.787. The zero-order chi connectivity index (χ0) is 19.2. The lowest BCUT2D eigenvalue weighted by molar-refractivity contribution is 0.192. The molecule has 3 N–H and O–H groups in total. The number of nitrogens with one attached hydrogen (secondary N) is 2. The number of anilines is 1. The van der Waals surface area contributed by atoms with E-state index < -0.39 is 6.09 Å². The lowest BCUT2D eigenvalue weighted by Gasteiger charge is -2.07. The first-order valence-electron chi connectivity index (χ1n) is 8.54. The highest BCUT2D eigenvalue weighted by Crippen LogP contribution is 2.18. The molecule has 3 aromatic rings. The number of fused-ring (bicyclic) bond motifs is 1. The second-order valence-electron chi connectivity index (χ2n) is 5.84. The van der Waals surface area contributed by atoms with Gasteiger partial charge in [-0.2, -0.15) is 9.78 Å². The molecule has 0 aliphatic heterocycles. The van der Waals surface area contributed by atoms with E-state index in [0.29, 0.717) is 34.8 Å². The molecule has 0 atom stereocenters. The number of hydrogen-bond acceptors (Lipinski definition) is 6. The third-order valence-electron chi connectivity index (χ3n) is 3.79. The molecule has 3 rings (SSSR count). The van der Waals surface area contributed by atoms with Crippen molar-refractivity contribution < 1.29 is 14.7 Å². The smallest absolute Gasteiger partial charge is 0.432 e. The Balaban J connectivity index is 1.75. The van der Waals surface area contributed by atoms with Crippen LogP contribution in [0.25, 0.3) is 22.4 Å². The first-order chi connectivity index (χ1) is 13.1. The van der Waals surface area contributed by atoms with Crippen molar-refractivity contribution in [1.29, 1.82) is 0 Å². The zero-order valence-corrected chi connectivity index (χ0v) is 14.7. The summed E-state index contributed by atoms with van der Waals surface area (Å²) in [7, 11) is 0. The van der Waals surface area contributed by atoms with Crippen molar-refractivity contribution in [3.8, 4) is 11.3 Å². The van der Waals surface area contributed by atoms with Crippen LogP contribution in [0.5, 0.6) is 0 Å². The first kappa shape index (κ1) is 18.2. The van der Waals surface area contributed by atoms with Crippen molar-refractivity contribution in [2.24, 2.45) is 0 Å². The quantitative estimate of drug-likeness (QED) is 0.568. The van der Waals surface area contributed by atoms with Crippen LogP contribution in [-0.2, 0) is 0 Å². The molecule has 0 bridgehead atoms. The molecule has 0 unspecified atom stereocenters. The minimum Gasteiger partial charge on any atom is -0.463 e. The van der Waals surface area contributed by atoms with E-state index in [1.165, 1.54) is 18.6 Å². The Morgan fingerprint density at radius 3 is 2.78 bits per heavy atom. The lowest BCUT2D eigenvalue weighted by Crippen LogP contribution is -2.29. The van der Waals surface area contributed by atoms with E-state index in [0.717, 1.165) is 23.9 Å². The number of carbonyl (C=O) groups excluding carboxylic acids is 1. The maximum absolute atomic E-state index is 11.9. The van der Waals surface area contributed by atoms with E-state index in [9.17, 15) is 9.59 Å². The number of carbonyl (C=O) groups is 2. The summed E-state index contributed by atoms with van der Waals surface area (Å²) in [5, 5.41) is 18.1. The van der Waals surface area contributed by atoms with Gasteiger partial charge in [0.25, 0.3) is 0 Å². The molecule has 3 aromatic heterocycles. The average Bonchev–Trinajstić information content (AvgIpc) is 3.15. The first-order valence-corrected chi connectivity index (χ1v) is 8.54. The zero-order valence-electron chi connectivity index (χ0n) is 14.7. The van der Waals surface area contributed by atoms with E-state index in [4.69, 9.17) is 5.11 Å². The van der Waals surface area contributed by atoms with Crippen LogP contribution in [-0.4, -0.2) is 48.5 Å². The van der Waals surface area contributed by atoms with Crippen LogP contribution in [0.3, 0.4) is 0 Å². The van der Waals surface area contributed by atoms with Crippen molar-refractivity contribution in [2.45, 2.75) is 26.2 Å². The fraction of sp³-hybridized carbons (Fsp3) is 0.294. The Kier molecular flexibility index (Phi) is 5.55. The van der Waals surface area contributed by atoms with Gasteiger partial charge in [-0.25, -0.2) is 19.6 Å². The largest absolute Gasteiger partial charge is 0.463 e. The molecule has 0 aliphatic carbocycles. The van der Waals surface area contributed by atoms with Gasteiger partial charge in [-0.3, -0.25) is 10.3 Å².